The first-order valence-electron chi connectivity index (χ1n) is 4.74. The minimum atomic E-state index is -4.76. The van der Waals surface area contributed by atoms with Crippen molar-refractivity contribution in [3.8, 4) is 0 Å². The Morgan fingerprint density at radius 3 is 2.59 bits per heavy atom. The van der Waals surface area contributed by atoms with Crippen molar-refractivity contribution in [1.29, 1.82) is 0 Å². The Hall–Kier alpha value is -1.15. The van der Waals surface area contributed by atoms with Crippen LogP contribution in [0.2, 0.25) is 0 Å². The number of rotatable bonds is 5. The summed E-state index contributed by atoms with van der Waals surface area (Å²) >= 11 is 0.489. The molecule has 1 rings (SSSR count). The summed E-state index contributed by atoms with van der Waals surface area (Å²) in [5.41, 5.74) is -1.36. The maximum atomic E-state index is 12.5. The standard InChI is InChI=1S/C9H10F3NO3S/c1-2-3-16-4-5-13-7(9(10,11)12)6(17-5)8(14)15/h2-4H2,1H3,(H,14,15). The molecule has 1 heterocycles. The van der Waals surface area contributed by atoms with Gasteiger partial charge in [0.05, 0.1) is 6.61 Å². The van der Waals surface area contributed by atoms with E-state index in [-0.39, 0.29) is 11.6 Å². The lowest BCUT2D eigenvalue weighted by Gasteiger charge is -2.02. The normalized spacial score (nSPS) is 11.8. The van der Waals surface area contributed by atoms with E-state index in [0.29, 0.717) is 17.9 Å². The quantitative estimate of drug-likeness (QED) is 0.835. The van der Waals surface area contributed by atoms with Crippen LogP contribution in [-0.4, -0.2) is 22.7 Å². The number of nitrogens with zero attached hydrogens (tertiary/aromatic N) is 1. The fraction of sp³-hybridized carbons (Fsp3) is 0.556. The smallest absolute Gasteiger partial charge is 0.435 e. The van der Waals surface area contributed by atoms with Crippen LogP contribution in [-0.2, 0) is 17.5 Å². The first kappa shape index (κ1) is 13.9. The van der Waals surface area contributed by atoms with E-state index in [1.54, 1.807) is 0 Å². The second-order valence-corrected chi connectivity index (χ2v) is 4.22. The highest BCUT2D eigenvalue weighted by molar-refractivity contribution is 7.13. The Labute approximate surface area is 99.0 Å². The molecule has 0 bridgehead atoms. The monoisotopic (exact) mass is 269 g/mol. The van der Waals surface area contributed by atoms with E-state index >= 15 is 0 Å². The second-order valence-electron chi connectivity index (χ2n) is 3.14. The highest BCUT2D eigenvalue weighted by Crippen LogP contribution is 2.34. The van der Waals surface area contributed by atoms with E-state index in [4.69, 9.17) is 9.84 Å². The third-order valence-corrected chi connectivity index (χ3v) is 2.73. The van der Waals surface area contributed by atoms with Crippen LogP contribution in [0.25, 0.3) is 0 Å². The summed E-state index contributed by atoms with van der Waals surface area (Å²) in [7, 11) is 0. The van der Waals surface area contributed by atoms with Crippen molar-refractivity contribution in [3.05, 3.63) is 15.6 Å². The molecular formula is C9H10F3NO3S. The number of ether oxygens (including phenoxy) is 1. The first-order chi connectivity index (χ1) is 7.86. The maximum absolute atomic E-state index is 12.5. The maximum Gasteiger partial charge on any atom is 0.435 e. The van der Waals surface area contributed by atoms with Crippen molar-refractivity contribution < 1.29 is 27.8 Å². The summed E-state index contributed by atoms with van der Waals surface area (Å²) in [6, 6.07) is 0. The van der Waals surface area contributed by atoms with Crippen molar-refractivity contribution in [2.45, 2.75) is 26.1 Å². The molecule has 1 aromatic rings. The predicted molar refractivity (Wildman–Crippen MR) is 54.0 cm³/mol. The molecule has 1 N–H and O–H groups in total. The van der Waals surface area contributed by atoms with Crippen LogP contribution in [0, 0.1) is 0 Å². The molecule has 17 heavy (non-hydrogen) atoms. The third kappa shape index (κ3) is 3.67. The van der Waals surface area contributed by atoms with Gasteiger partial charge in [0.2, 0.25) is 0 Å². The molecule has 96 valence electrons. The zero-order valence-electron chi connectivity index (χ0n) is 8.87. The Morgan fingerprint density at radius 2 is 2.18 bits per heavy atom. The van der Waals surface area contributed by atoms with Gasteiger partial charge in [-0.3, -0.25) is 0 Å². The largest absolute Gasteiger partial charge is 0.477 e. The Morgan fingerprint density at radius 1 is 1.53 bits per heavy atom. The van der Waals surface area contributed by atoms with Crippen LogP contribution in [0.4, 0.5) is 13.2 Å². The first-order valence-corrected chi connectivity index (χ1v) is 5.55. The molecule has 0 aliphatic carbocycles. The average molecular weight is 269 g/mol. The molecule has 0 atom stereocenters. The fourth-order valence-corrected chi connectivity index (χ4v) is 1.93. The van der Waals surface area contributed by atoms with Gasteiger partial charge in [-0.25, -0.2) is 9.78 Å². The van der Waals surface area contributed by atoms with Crippen molar-refractivity contribution in [3.63, 3.8) is 0 Å². The molecule has 4 nitrogen and oxygen atoms in total. The average Bonchev–Trinajstić information content (AvgIpc) is 2.62. The topological polar surface area (TPSA) is 59.4 Å². The molecule has 0 saturated heterocycles. The number of carboxylic acid groups (broad SMARTS) is 1. The number of halogens is 3. The lowest BCUT2D eigenvalue weighted by atomic mass is 10.3. The minimum Gasteiger partial charge on any atom is -0.477 e. The second kappa shape index (κ2) is 5.46. The van der Waals surface area contributed by atoms with Crippen LogP contribution >= 0.6 is 11.3 Å². The predicted octanol–water partition coefficient (Wildman–Crippen LogP) is 2.79. The number of aromatic carboxylic acids is 1. The number of carbonyl (C=O) groups is 1. The van der Waals surface area contributed by atoms with Gasteiger partial charge in [0.1, 0.15) is 9.88 Å². The van der Waals surface area contributed by atoms with E-state index in [0.717, 1.165) is 6.42 Å². The Kier molecular flexibility index (Phi) is 4.47. The van der Waals surface area contributed by atoms with Crippen molar-refractivity contribution in [2.24, 2.45) is 0 Å². The van der Waals surface area contributed by atoms with Gasteiger partial charge in [0, 0.05) is 6.61 Å². The molecule has 0 radical (unpaired) electrons. The van der Waals surface area contributed by atoms with Gasteiger partial charge in [-0.05, 0) is 6.42 Å². The van der Waals surface area contributed by atoms with Gasteiger partial charge in [-0.1, -0.05) is 6.92 Å². The van der Waals surface area contributed by atoms with Crippen LogP contribution in [0.1, 0.15) is 33.7 Å². The number of hydrogen-bond acceptors (Lipinski definition) is 4. The lowest BCUT2D eigenvalue weighted by Crippen LogP contribution is -2.11. The fourth-order valence-electron chi connectivity index (χ4n) is 1.07. The van der Waals surface area contributed by atoms with E-state index in [2.05, 4.69) is 4.98 Å². The molecule has 0 aromatic carbocycles. The minimum absolute atomic E-state index is 0.0168. The van der Waals surface area contributed by atoms with Crippen LogP contribution < -0.4 is 0 Å². The zero-order valence-corrected chi connectivity index (χ0v) is 9.69. The number of alkyl halides is 3. The van der Waals surface area contributed by atoms with Gasteiger partial charge in [-0.2, -0.15) is 13.2 Å². The molecular weight excluding hydrogens is 259 g/mol. The number of thiazole rings is 1. The number of carboxylic acids is 1. The van der Waals surface area contributed by atoms with E-state index in [1.807, 2.05) is 6.92 Å². The zero-order chi connectivity index (χ0) is 13.1. The van der Waals surface area contributed by atoms with Gasteiger partial charge >= 0.3 is 12.1 Å². The molecule has 0 saturated carbocycles. The highest BCUT2D eigenvalue weighted by atomic mass is 32.1. The Bertz CT molecular complexity index is 403. The molecule has 8 heteroatoms. The number of aromatic nitrogens is 1. The van der Waals surface area contributed by atoms with Gasteiger partial charge in [-0.15, -0.1) is 11.3 Å². The van der Waals surface area contributed by atoms with E-state index in [1.165, 1.54) is 0 Å². The summed E-state index contributed by atoms with van der Waals surface area (Å²) in [5.74, 6) is -1.63. The van der Waals surface area contributed by atoms with Crippen molar-refractivity contribution in [1.82, 2.24) is 4.98 Å². The van der Waals surface area contributed by atoms with E-state index < -0.39 is 22.7 Å². The van der Waals surface area contributed by atoms with Gasteiger partial charge in [0.15, 0.2) is 5.69 Å². The molecule has 0 aliphatic heterocycles. The summed E-state index contributed by atoms with van der Waals surface area (Å²) in [6.07, 6.45) is -4.03. The molecule has 1 aromatic heterocycles. The molecule has 0 amide bonds. The summed E-state index contributed by atoms with van der Waals surface area (Å²) < 4.78 is 42.4. The summed E-state index contributed by atoms with van der Waals surface area (Å²) in [6.45, 7) is 2.14. The van der Waals surface area contributed by atoms with Crippen LogP contribution in [0.15, 0.2) is 0 Å². The molecule has 0 spiro atoms. The summed E-state index contributed by atoms with van der Waals surface area (Å²) in [5, 5.41) is 8.66. The third-order valence-electron chi connectivity index (χ3n) is 1.71. The SMILES string of the molecule is CCCOCc1nc(C(F)(F)F)c(C(=O)O)s1. The van der Waals surface area contributed by atoms with Crippen molar-refractivity contribution >= 4 is 17.3 Å². The molecule has 0 unspecified atom stereocenters. The highest BCUT2D eigenvalue weighted by Gasteiger charge is 2.39. The number of hydrogen-bond donors (Lipinski definition) is 1. The van der Waals surface area contributed by atoms with Crippen molar-refractivity contribution in [2.75, 3.05) is 6.61 Å². The molecule has 0 fully saturated rings. The van der Waals surface area contributed by atoms with Gasteiger partial charge in [0.25, 0.3) is 0 Å². The van der Waals surface area contributed by atoms with E-state index in [9.17, 15) is 18.0 Å². The molecule has 0 aliphatic rings. The van der Waals surface area contributed by atoms with Gasteiger partial charge < -0.3 is 9.84 Å². The van der Waals surface area contributed by atoms with Crippen LogP contribution in [0.3, 0.4) is 0 Å². The summed E-state index contributed by atoms with van der Waals surface area (Å²) in [4.78, 5) is 13.1. The Balaban J connectivity index is 2.93. The lowest BCUT2D eigenvalue weighted by molar-refractivity contribution is -0.141. The van der Waals surface area contributed by atoms with Crippen LogP contribution in [0.5, 0.6) is 0 Å².